The molecule has 2 atom stereocenters. The molecule has 19 heavy (non-hydrogen) atoms. The van der Waals surface area contributed by atoms with Gasteiger partial charge in [0.05, 0.1) is 19.3 Å². The van der Waals surface area contributed by atoms with Crippen LogP contribution >= 0.6 is 0 Å². The van der Waals surface area contributed by atoms with Crippen molar-refractivity contribution in [3.05, 3.63) is 0 Å². The van der Waals surface area contributed by atoms with Gasteiger partial charge in [0.1, 0.15) is 0 Å². The molecule has 2 saturated heterocycles. The Morgan fingerprint density at radius 1 is 1.11 bits per heavy atom. The molecular weight excluding hydrogens is 240 g/mol. The van der Waals surface area contributed by atoms with Gasteiger partial charge in [-0.2, -0.15) is 0 Å². The van der Waals surface area contributed by atoms with Crippen molar-refractivity contribution in [2.75, 3.05) is 45.9 Å². The van der Waals surface area contributed by atoms with E-state index in [2.05, 4.69) is 23.6 Å². The van der Waals surface area contributed by atoms with Crippen LogP contribution < -0.4 is 0 Å². The second-order valence-corrected chi connectivity index (χ2v) is 6.37. The first-order chi connectivity index (χ1) is 9.16. The van der Waals surface area contributed by atoms with Crippen LogP contribution in [0.5, 0.6) is 0 Å². The highest BCUT2D eigenvalue weighted by molar-refractivity contribution is 4.82. The standard InChI is InChI=1S/C15H30N2O2/c1-13(2)15-5-3-4-6-17(15)12-14(18)11-16-7-9-19-10-8-16/h13-15,18H,3-12H2,1-2H3. The first-order valence-electron chi connectivity index (χ1n) is 7.89. The van der Waals surface area contributed by atoms with E-state index in [1.54, 1.807) is 0 Å². The van der Waals surface area contributed by atoms with Crippen molar-refractivity contribution < 1.29 is 9.84 Å². The molecule has 0 bridgehead atoms. The van der Waals surface area contributed by atoms with Gasteiger partial charge in [-0.3, -0.25) is 9.80 Å². The number of aliphatic hydroxyl groups excluding tert-OH is 1. The molecule has 2 aliphatic heterocycles. The third-order valence-electron chi connectivity index (χ3n) is 4.45. The Bertz CT molecular complexity index is 255. The number of hydrogen-bond acceptors (Lipinski definition) is 4. The zero-order chi connectivity index (χ0) is 13.7. The number of likely N-dealkylation sites (tertiary alicyclic amines) is 1. The molecule has 0 spiro atoms. The van der Waals surface area contributed by atoms with Crippen molar-refractivity contribution in [2.24, 2.45) is 5.92 Å². The van der Waals surface area contributed by atoms with Crippen molar-refractivity contribution in [3.8, 4) is 0 Å². The monoisotopic (exact) mass is 270 g/mol. The summed E-state index contributed by atoms with van der Waals surface area (Å²) in [5.41, 5.74) is 0. The Balaban J connectivity index is 1.77. The first-order valence-corrected chi connectivity index (χ1v) is 7.89. The second kappa shape index (κ2) is 7.58. The summed E-state index contributed by atoms with van der Waals surface area (Å²) in [7, 11) is 0. The number of morpholine rings is 1. The van der Waals surface area contributed by atoms with Gasteiger partial charge in [0, 0.05) is 32.2 Å². The summed E-state index contributed by atoms with van der Waals surface area (Å²) in [5, 5.41) is 10.3. The van der Waals surface area contributed by atoms with Crippen LogP contribution in [0.2, 0.25) is 0 Å². The molecule has 0 saturated carbocycles. The summed E-state index contributed by atoms with van der Waals surface area (Å²) in [6.45, 7) is 10.9. The number of ether oxygens (including phenoxy) is 1. The number of aliphatic hydroxyl groups is 1. The van der Waals surface area contributed by atoms with E-state index in [1.165, 1.54) is 19.3 Å². The van der Waals surface area contributed by atoms with Crippen LogP contribution in [0.15, 0.2) is 0 Å². The molecule has 0 aromatic heterocycles. The molecule has 0 aromatic rings. The van der Waals surface area contributed by atoms with Gasteiger partial charge < -0.3 is 9.84 Å². The van der Waals surface area contributed by atoms with Gasteiger partial charge in [0.15, 0.2) is 0 Å². The maximum Gasteiger partial charge on any atom is 0.0793 e. The molecule has 0 amide bonds. The average molecular weight is 270 g/mol. The van der Waals surface area contributed by atoms with E-state index in [0.717, 1.165) is 45.9 Å². The summed E-state index contributed by atoms with van der Waals surface area (Å²) in [5.74, 6) is 0.691. The third-order valence-corrected chi connectivity index (χ3v) is 4.45. The van der Waals surface area contributed by atoms with E-state index in [-0.39, 0.29) is 6.10 Å². The Morgan fingerprint density at radius 3 is 2.53 bits per heavy atom. The van der Waals surface area contributed by atoms with Crippen LogP contribution in [0.3, 0.4) is 0 Å². The Hall–Kier alpha value is -0.160. The largest absolute Gasteiger partial charge is 0.390 e. The number of β-amino-alcohol motifs (C(OH)–C–C–N with tert-alkyl or cyclic N) is 1. The molecule has 2 fully saturated rings. The van der Waals surface area contributed by atoms with Gasteiger partial charge in [0.2, 0.25) is 0 Å². The van der Waals surface area contributed by atoms with E-state index in [1.807, 2.05) is 0 Å². The van der Waals surface area contributed by atoms with Gasteiger partial charge in [-0.05, 0) is 25.3 Å². The highest BCUT2D eigenvalue weighted by Gasteiger charge is 2.27. The molecule has 1 N–H and O–H groups in total. The minimum atomic E-state index is -0.225. The maximum absolute atomic E-state index is 10.3. The minimum Gasteiger partial charge on any atom is -0.390 e. The smallest absolute Gasteiger partial charge is 0.0793 e. The van der Waals surface area contributed by atoms with E-state index in [4.69, 9.17) is 4.74 Å². The lowest BCUT2D eigenvalue weighted by atomic mass is 9.92. The molecule has 2 aliphatic rings. The Morgan fingerprint density at radius 2 is 1.84 bits per heavy atom. The Kier molecular flexibility index (Phi) is 6.07. The lowest BCUT2D eigenvalue weighted by Gasteiger charge is -2.40. The highest BCUT2D eigenvalue weighted by atomic mass is 16.5. The molecule has 4 nitrogen and oxygen atoms in total. The fraction of sp³-hybridized carbons (Fsp3) is 1.00. The molecule has 2 unspecified atom stereocenters. The SMILES string of the molecule is CC(C)C1CCCCN1CC(O)CN1CCOCC1. The number of hydrogen-bond donors (Lipinski definition) is 1. The van der Waals surface area contributed by atoms with Crippen LogP contribution in [0, 0.1) is 5.92 Å². The fourth-order valence-electron chi connectivity index (χ4n) is 3.41. The van der Waals surface area contributed by atoms with Crippen molar-refractivity contribution >= 4 is 0 Å². The molecule has 2 rings (SSSR count). The molecule has 2 heterocycles. The first kappa shape index (κ1) is 15.2. The molecule has 0 aliphatic carbocycles. The third kappa shape index (κ3) is 4.71. The molecule has 0 aromatic carbocycles. The zero-order valence-electron chi connectivity index (χ0n) is 12.6. The van der Waals surface area contributed by atoms with Crippen LogP contribution in [0.1, 0.15) is 33.1 Å². The average Bonchev–Trinajstić information content (AvgIpc) is 2.40. The predicted octanol–water partition coefficient (Wildman–Crippen LogP) is 1.19. The normalized spacial score (nSPS) is 28.7. The zero-order valence-corrected chi connectivity index (χ0v) is 12.6. The summed E-state index contributed by atoms with van der Waals surface area (Å²) < 4.78 is 5.35. The minimum absolute atomic E-state index is 0.225. The van der Waals surface area contributed by atoms with E-state index in [0.29, 0.717) is 12.0 Å². The van der Waals surface area contributed by atoms with E-state index < -0.39 is 0 Å². The second-order valence-electron chi connectivity index (χ2n) is 6.37. The van der Waals surface area contributed by atoms with Crippen molar-refractivity contribution in [1.82, 2.24) is 9.80 Å². The lowest BCUT2D eigenvalue weighted by molar-refractivity contribution is -0.00409. The molecule has 0 radical (unpaired) electrons. The molecule has 112 valence electrons. The van der Waals surface area contributed by atoms with Gasteiger partial charge in [-0.15, -0.1) is 0 Å². The Labute approximate surface area is 117 Å². The maximum atomic E-state index is 10.3. The topological polar surface area (TPSA) is 35.9 Å². The van der Waals surface area contributed by atoms with Gasteiger partial charge in [-0.1, -0.05) is 20.3 Å². The van der Waals surface area contributed by atoms with Gasteiger partial charge in [0.25, 0.3) is 0 Å². The van der Waals surface area contributed by atoms with Crippen LogP contribution in [-0.2, 0) is 4.74 Å². The fourth-order valence-corrected chi connectivity index (χ4v) is 3.41. The highest BCUT2D eigenvalue weighted by Crippen LogP contribution is 2.23. The number of rotatable bonds is 5. The van der Waals surface area contributed by atoms with Crippen molar-refractivity contribution in [3.63, 3.8) is 0 Å². The van der Waals surface area contributed by atoms with Crippen LogP contribution in [0.4, 0.5) is 0 Å². The van der Waals surface area contributed by atoms with E-state index in [9.17, 15) is 5.11 Å². The quantitative estimate of drug-likeness (QED) is 0.814. The predicted molar refractivity (Wildman–Crippen MR) is 77.3 cm³/mol. The number of piperidine rings is 1. The summed E-state index contributed by atoms with van der Waals surface area (Å²) in [4.78, 5) is 4.84. The van der Waals surface area contributed by atoms with Crippen molar-refractivity contribution in [2.45, 2.75) is 45.3 Å². The molecule has 4 heteroatoms. The summed E-state index contributed by atoms with van der Waals surface area (Å²) in [6, 6.07) is 0.660. The van der Waals surface area contributed by atoms with Crippen LogP contribution in [-0.4, -0.2) is 73.0 Å². The molecular formula is C15H30N2O2. The summed E-state index contributed by atoms with van der Waals surface area (Å²) >= 11 is 0. The van der Waals surface area contributed by atoms with Crippen molar-refractivity contribution in [1.29, 1.82) is 0 Å². The number of nitrogens with zero attached hydrogens (tertiary/aromatic N) is 2. The summed E-state index contributed by atoms with van der Waals surface area (Å²) in [6.07, 6.45) is 3.70. The van der Waals surface area contributed by atoms with Gasteiger partial charge in [-0.25, -0.2) is 0 Å². The van der Waals surface area contributed by atoms with Gasteiger partial charge >= 0.3 is 0 Å². The lowest BCUT2D eigenvalue weighted by Crippen LogP contribution is -2.49. The van der Waals surface area contributed by atoms with E-state index >= 15 is 0 Å². The van der Waals surface area contributed by atoms with Crippen LogP contribution in [0.25, 0.3) is 0 Å².